The van der Waals surface area contributed by atoms with Crippen molar-refractivity contribution in [2.24, 2.45) is 0 Å². The van der Waals surface area contributed by atoms with E-state index in [-0.39, 0.29) is 0 Å². The number of rotatable bonds is 5. The first-order valence-corrected chi connectivity index (χ1v) is 6.45. The van der Waals surface area contributed by atoms with Gasteiger partial charge in [-0.1, -0.05) is 21.6 Å². The molecular formula is C9H12N2OS2. The lowest BCUT2D eigenvalue weighted by Crippen LogP contribution is -1.99. The Morgan fingerprint density at radius 1 is 1.50 bits per heavy atom. The smallest absolute Gasteiger partial charge is 0.180 e. The Morgan fingerprint density at radius 3 is 2.86 bits per heavy atom. The third-order valence-electron chi connectivity index (χ3n) is 1.46. The number of hydrogen-bond acceptors (Lipinski definition) is 5. The molecule has 0 atom stereocenters. The third kappa shape index (κ3) is 4.53. The lowest BCUT2D eigenvalue weighted by molar-refractivity contribution is 0.389. The van der Waals surface area contributed by atoms with E-state index in [1.807, 2.05) is 12.1 Å². The van der Waals surface area contributed by atoms with Gasteiger partial charge in [0.2, 0.25) is 0 Å². The first-order chi connectivity index (χ1) is 6.83. The van der Waals surface area contributed by atoms with Gasteiger partial charge in [0.15, 0.2) is 5.90 Å². The molecule has 0 aliphatic carbocycles. The Labute approximate surface area is 91.6 Å². The van der Waals surface area contributed by atoms with Crippen molar-refractivity contribution in [3.63, 3.8) is 0 Å². The largest absolute Gasteiger partial charge is 0.484 e. The molecule has 1 heterocycles. The van der Waals surface area contributed by atoms with Crippen LogP contribution in [0.3, 0.4) is 0 Å². The minimum Gasteiger partial charge on any atom is -0.484 e. The zero-order valence-electron chi connectivity index (χ0n) is 7.90. The van der Waals surface area contributed by atoms with Gasteiger partial charge in [-0.25, -0.2) is 0 Å². The summed E-state index contributed by atoms with van der Waals surface area (Å²) in [5.41, 5.74) is 0. The Balaban J connectivity index is 2.13. The Hall–Kier alpha value is -0.680. The van der Waals surface area contributed by atoms with Crippen molar-refractivity contribution in [3.05, 3.63) is 24.5 Å². The Kier molecular flexibility index (Phi) is 5.47. The lowest BCUT2D eigenvalue weighted by atomic mass is 10.5. The summed E-state index contributed by atoms with van der Waals surface area (Å²) in [6, 6.07) is 3.94. The van der Waals surface area contributed by atoms with Crippen LogP contribution >= 0.6 is 21.6 Å². The molecule has 1 N–H and O–H groups in total. The normalized spacial score (nSPS) is 9.79. The van der Waals surface area contributed by atoms with E-state index in [0.717, 1.165) is 5.75 Å². The number of ether oxygens (including phenoxy) is 1. The van der Waals surface area contributed by atoms with E-state index in [1.54, 1.807) is 34.0 Å². The number of hydrogen-bond donors (Lipinski definition) is 1. The van der Waals surface area contributed by atoms with E-state index in [0.29, 0.717) is 12.3 Å². The lowest BCUT2D eigenvalue weighted by Gasteiger charge is -2.01. The highest BCUT2D eigenvalue weighted by atomic mass is 33.1. The molecule has 5 heteroatoms. The van der Waals surface area contributed by atoms with Gasteiger partial charge < -0.3 is 4.74 Å². The summed E-state index contributed by atoms with van der Waals surface area (Å²) in [6.07, 6.45) is 4.24. The van der Waals surface area contributed by atoms with Crippen molar-refractivity contribution in [1.29, 1.82) is 5.41 Å². The summed E-state index contributed by atoms with van der Waals surface area (Å²) < 4.78 is 4.75. The van der Waals surface area contributed by atoms with Crippen molar-refractivity contribution < 1.29 is 4.74 Å². The van der Waals surface area contributed by atoms with Gasteiger partial charge in [0.05, 0.1) is 7.11 Å². The minimum atomic E-state index is 0.341. The van der Waals surface area contributed by atoms with E-state index in [9.17, 15) is 0 Å². The van der Waals surface area contributed by atoms with Crippen LogP contribution < -0.4 is 0 Å². The molecule has 0 saturated heterocycles. The van der Waals surface area contributed by atoms with E-state index in [4.69, 9.17) is 10.1 Å². The summed E-state index contributed by atoms with van der Waals surface area (Å²) in [4.78, 5) is 5.13. The number of pyridine rings is 1. The molecule has 3 nitrogen and oxygen atoms in total. The predicted molar refractivity (Wildman–Crippen MR) is 61.9 cm³/mol. The van der Waals surface area contributed by atoms with Crippen LogP contribution in [0.4, 0.5) is 0 Å². The van der Waals surface area contributed by atoms with Gasteiger partial charge in [-0.15, -0.1) is 0 Å². The third-order valence-corrected chi connectivity index (χ3v) is 3.85. The molecule has 0 spiro atoms. The second-order valence-electron chi connectivity index (χ2n) is 2.47. The van der Waals surface area contributed by atoms with Crippen LogP contribution in [0.25, 0.3) is 0 Å². The van der Waals surface area contributed by atoms with Crippen molar-refractivity contribution in [3.8, 4) is 0 Å². The molecule has 0 fully saturated rings. The number of aromatic nitrogens is 1. The highest BCUT2D eigenvalue weighted by molar-refractivity contribution is 8.76. The standard InChI is InChI=1S/C9H12N2OS2/c1-12-9(10)4-7-13-14-8-2-5-11-6-3-8/h2-3,5-6,10H,4,7H2,1H3. The molecule has 1 rings (SSSR count). The van der Waals surface area contributed by atoms with E-state index in [1.165, 1.54) is 12.0 Å². The average Bonchev–Trinajstić information content (AvgIpc) is 2.25. The molecule has 76 valence electrons. The van der Waals surface area contributed by atoms with Gasteiger partial charge in [0.25, 0.3) is 0 Å². The van der Waals surface area contributed by atoms with Gasteiger partial charge in [-0.05, 0) is 12.1 Å². The molecular weight excluding hydrogens is 216 g/mol. The Morgan fingerprint density at radius 2 is 2.21 bits per heavy atom. The molecule has 0 aromatic carbocycles. The molecule has 1 aromatic rings. The van der Waals surface area contributed by atoms with Crippen LogP contribution in [-0.2, 0) is 4.74 Å². The second kappa shape index (κ2) is 6.73. The maximum atomic E-state index is 7.27. The van der Waals surface area contributed by atoms with E-state index >= 15 is 0 Å². The zero-order valence-corrected chi connectivity index (χ0v) is 9.53. The number of methoxy groups -OCH3 is 1. The number of nitrogens with zero attached hydrogens (tertiary/aromatic N) is 1. The molecule has 0 amide bonds. The summed E-state index contributed by atoms with van der Waals surface area (Å²) in [5.74, 6) is 1.23. The van der Waals surface area contributed by atoms with Crippen molar-refractivity contribution >= 4 is 27.5 Å². The summed E-state index contributed by atoms with van der Waals surface area (Å²) >= 11 is 0. The summed E-state index contributed by atoms with van der Waals surface area (Å²) in [7, 11) is 4.95. The van der Waals surface area contributed by atoms with Gasteiger partial charge >= 0.3 is 0 Å². The van der Waals surface area contributed by atoms with Crippen LogP contribution in [0.5, 0.6) is 0 Å². The predicted octanol–water partition coefficient (Wildman–Crippen LogP) is 2.84. The molecule has 0 unspecified atom stereocenters. The molecule has 14 heavy (non-hydrogen) atoms. The molecule has 0 aliphatic heterocycles. The summed E-state index contributed by atoms with van der Waals surface area (Å²) in [5, 5.41) is 7.27. The van der Waals surface area contributed by atoms with Gasteiger partial charge in [0, 0.05) is 29.5 Å². The van der Waals surface area contributed by atoms with Crippen molar-refractivity contribution in [2.75, 3.05) is 12.9 Å². The van der Waals surface area contributed by atoms with Gasteiger partial charge in [-0.3, -0.25) is 10.4 Å². The fourth-order valence-corrected chi connectivity index (χ4v) is 2.70. The molecule has 0 saturated carbocycles. The van der Waals surface area contributed by atoms with Crippen LogP contribution in [0, 0.1) is 5.41 Å². The van der Waals surface area contributed by atoms with Crippen LogP contribution in [0.2, 0.25) is 0 Å². The average molecular weight is 228 g/mol. The quantitative estimate of drug-likeness (QED) is 0.364. The molecule has 0 aliphatic rings. The monoisotopic (exact) mass is 228 g/mol. The minimum absolute atomic E-state index is 0.341. The maximum absolute atomic E-state index is 7.27. The zero-order chi connectivity index (χ0) is 10.2. The Bertz CT molecular complexity index is 279. The number of nitrogens with one attached hydrogen (secondary N) is 1. The fourth-order valence-electron chi connectivity index (χ4n) is 0.740. The van der Waals surface area contributed by atoms with Crippen molar-refractivity contribution in [1.82, 2.24) is 4.98 Å². The SMILES string of the molecule is COC(=N)CCSSc1ccncc1. The summed E-state index contributed by atoms with van der Waals surface area (Å²) in [6.45, 7) is 0. The highest BCUT2D eigenvalue weighted by Gasteiger charge is 1.97. The van der Waals surface area contributed by atoms with Gasteiger partial charge in [0.1, 0.15) is 0 Å². The van der Waals surface area contributed by atoms with Crippen LogP contribution in [0.1, 0.15) is 6.42 Å². The van der Waals surface area contributed by atoms with Crippen LogP contribution in [-0.4, -0.2) is 23.7 Å². The fraction of sp³-hybridized carbons (Fsp3) is 0.333. The van der Waals surface area contributed by atoms with Gasteiger partial charge in [-0.2, -0.15) is 0 Å². The molecule has 0 bridgehead atoms. The first-order valence-electron chi connectivity index (χ1n) is 4.14. The maximum Gasteiger partial charge on any atom is 0.180 e. The van der Waals surface area contributed by atoms with E-state index in [2.05, 4.69) is 4.98 Å². The second-order valence-corrected chi connectivity index (χ2v) is 4.95. The highest BCUT2D eigenvalue weighted by Crippen LogP contribution is 2.30. The topological polar surface area (TPSA) is 46.0 Å². The van der Waals surface area contributed by atoms with E-state index < -0.39 is 0 Å². The molecule has 0 radical (unpaired) electrons. The molecule has 1 aromatic heterocycles. The van der Waals surface area contributed by atoms with Crippen molar-refractivity contribution in [2.45, 2.75) is 11.3 Å². The van der Waals surface area contributed by atoms with Crippen LogP contribution in [0.15, 0.2) is 29.4 Å². The first kappa shape index (κ1) is 11.4.